The molecule has 0 N–H and O–H groups in total. The number of halogens is 6. The molecule has 18 heteroatoms. The Morgan fingerprint density at radius 1 is 1.02 bits per heavy atom. The highest BCUT2D eigenvalue weighted by Crippen LogP contribution is 2.34. The van der Waals surface area contributed by atoms with Gasteiger partial charge in [0.1, 0.15) is 12.4 Å². The molecule has 4 heterocycles. The van der Waals surface area contributed by atoms with Gasteiger partial charge in [-0.3, -0.25) is 4.68 Å². The zero-order chi connectivity index (χ0) is 28.4. The first-order valence-corrected chi connectivity index (χ1v) is 11.7. The fraction of sp³-hybridized carbons (Fsp3) is 0.227. The van der Waals surface area contributed by atoms with E-state index in [4.69, 9.17) is 11.6 Å². The standard InChI is InChI=1S/C22H16ClF5N10O2/c23-14-2-4-17(36-11-30-32-34-36)19(20(14)24)12-1-3-16(37(39)10-12)15(5-6-40-22(27)28)35-9-13(7-31-35)18-8-29-33-38(18)21(25)26/h1-4,7-11,15,21-22H,5-6H2/t15-/m0/s1. The Morgan fingerprint density at radius 2 is 1.85 bits per heavy atom. The molecule has 0 aliphatic rings. The van der Waals surface area contributed by atoms with Crippen molar-refractivity contribution in [3.05, 3.63) is 77.1 Å². The Labute approximate surface area is 225 Å². The summed E-state index contributed by atoms with van der Waals surface area (Å²) in [6, 6.07) is 4.56. The molecular formula is C22H16ClF5N10O2. The number of tetrazole rings is 1. The number of hydrogen-bond acceptors (Lipinski definition) is 8. The van der Waals surface area contributed by atoms with E-state index < -0.39 is 31.6 Å². The van der Waals surface area contributed by atoms with Crippen molar-refractivity contribution in [2.24, 2.45) is 0 Å². The molecule has 1 atom stereocenters. The highest BCUT2D eigenvalue weighted by atomic mass is 35.5. The molecule has 0 aliphatic carbocycles. The maximum atomic E-state index is 15.2. The van der Waals surface area contributed by atoms with Gasteiger partial charge < -0.3 is 9.94 Å². The van der Waals surface area contributed by atoms with Crippen molar-refractivity contribution in [3.8, 4) is 28.1 Å². The molecule has 1 aromatic carbocycles. The molecule has 0 saturated heterocycles. The number of pyridine rings is 1. The summed E-state index contributed by atoms with van der Waals surface area (Å²) in [5.41, 5.74) is 0.389. The van der Waals surface area contributed by atoms with Gasteiger partial charge in [-0.05, 0) is 28.6 Å². The summed E-state index contributed by atoms with van der Waals surface area (Å²) < 4.78 is 74.7. The zero-order valence-corrected chi connectivity index (χ0v) is 20.7. The second-order valence-electron chi connectivity index (χ2n) is 8.16. The summed E-state index contributed by atoms with van der Waals surface area (Å²) >= 11 is 5.99. The van der Waals surface area contributed by atoms with Crippen LogP contribution in [-0.4, -0.2) is 58.2 Å². The van der Waals surface area contributed by atoms with Gasteiger partial charge in [-0.1, -0.05) is 16.8 Å². The summed E-state index contributed by atoms with van der Waals surface area (Å²) in [4.78, 5) is 0. The van der Waals surface area contributed by atoms with Crippen molar-refractivity contribution in [3.63, 3.8) is 0 Å². The second-order valence-corrected chi connectivity index (χ2v) is 8.57. The summed E-state index contributed by atoms with van der Waals surface area (Å²) in [6.07, 6.45) is 5.83. The monoisotopic (exact) mass is 582 g/mol. The summed E-state index contributed by atoms with van der Waals surface area (Å²) in [6.45, 7) is -6.50. The van der Waals surface area contributed by atoms with Crippen LogP contribution in [0.5, 0.6) is 0 Å². The molecule has 0 unspecified atom stereocenters. The van der Waals surface area contributed by atoms with Crippen LogP contribution in [0.2, 0.25) is 5.02 Å². The van der Waals surface area contributed by atoms with Gasteiger partial charge in [-0.15, -0.1) is 10.2 Å². The molecule has 0 saturated carbocycles. The molecule has 40 heavy (non-hydrogen) atoms. The Kier molecular flexibility index (Phi) is 7.65. The van der Waals surface area contributed by atoms with E-state index in [1.165, 1.54) is 52.4 Å². The lowest BCUT2D eigenvalue weighted by atomic mass is 10.0. The minimum absolute atomic E-state index is 0.0168. The number of ether oxygens (including phenoxy) is 1. The zero-order valence-electron chi connectivity index (χ0n) is 19.9. The maximum Gasteiger partial charge on any atom is 0.345 e. The topological polar surface area (TPSA) is 128 Å². The van der Waals surface area contributed by atoms with E-state index in [-0.39, 0.29) is 45.2 Å². The van der Waals surface area contributed by atoms with E-state index in [9.17, 15) is 22.8 Å². The molecule has 0 spiro atoms. The fourth-order valence-corrected chi connectivity index (χ4v) is 4.25. The first-order chi connectivity index (χ1) is 19.2. The van der Waals surface area contributed by atoms with E-state index >= 15 is 4.39 Å². The average molecular weight is 583 g/mol. The second kappa shape index (κ2) is 11.3. The van der Waals surface area contributed by atoms with Crippen molar-refractivity contribution in [1.82, 2.24) is 45.0 Å². The van der Waals surface area contributed by atoms with E-state index in [1.54, 1.807) is 0 Å². The Hall–Kier alpha value is -4.51. The van der Waals surface area contributed by atoms with Gasteiger partial charge in [-0.2, -0.15) is 36.8 Å². The quantitative estimate of drug-likeness (QED) is 0.138. The van der Waals surface area contributed by atoms with Crippen LogP contribution in [-0.2, 0) is 4.74 Å². The largest absolute Gasteiger partial charge is 0.618 e. The van der Waals surface area contributed by atoms with Crippen LogP contribution in [0.3, 0.4) is 0 Å². The third-order valence-electron chi connectivity index (χ3n) is 5.85. The van der Waals surface area contributed by atoms with Gasteiger partial charge in [0, 0.05) is 24.2 Å². The molecule has 0 amide bonds. The number of rotatable bonds is 10. The van der Waals surface area contributed by atoms with Crippen LogP contribution in [0, 0.1) is 11.0 Å². The van der Waals surface area contributed by atoms with Crippen molar-refractivity contribution < 1.29 is 31.4 Å². The van der Waals surface area contributed by atoms with Crippen LogP contribution in [0.4, 0.5) is 22.0 Å². The predicted octanol–water partition coefficient (Wildman–Crippen LogP) is 3.82. The Balaban J connectivity index is 1.54. The number of alkyl halides is 4. The highest BCUT2D eigenvalue weighted by molar-refractivity contribution is 6.31. The van der Waals surface area contributed by atoms with Crippen LogP contribution < -0.4 is 4.73 Å². The Morgan fingerprint density at radius 3 is 2.55 bits per heavy atom. The molecule has 208 valence electrons. The molecule has 0 aliphatic heterocycles. The van der Waals surface area contributed by atoms with Crippen molar-refractivity contribution >= 4 is 11.6 Å². The number of hydrogen-bond donors (Lipinski definition) is 0. The van der Waals surface area contributed by atoms with Gasteiger partial charge in [0.05, 0.1) is 46.5 Å². The molecule has 0 radical (unpaired) electrons. The van der Waals surface area contributed by atoms with Gasteiger partial charge in [0.25, 0.3) is 0 Å². The van der Waals surface area contributed by atoms with Gasteiger partial charge in [0.2, 0.25) is 5.69 Å². The summed E-state index contributed by atoms with van der Waals surface area (Å²) in [5, 5.41) is 34.8. The van der Waals surface area contributed by atoms with Crippen LogP contribution in [0.1, 0.15) is 24.7 Å². The number of nitrogens with zero attached hydrogens (tertiary/aromatic N) is 10. The lowest BCUT2D eigenvalue weighted by Gasteiger charge is -2.18. The lowest BCUT2D eigenvalue weighted by Crippen LogP contribution is -2.36. The van der Waals surface area contributed by atoms with Gasteiger partial charge in [0.15, 0.2) is 12.0 Å². The van der Waals surface area contributed by atoms with Crippen molar-refractivity contribution in [1.29, 1.82) is 0 Å². The smallest absolute Gasteiger partial charge is 0.345 e. The summed E-state index contributed by atoms with van der Waals surface area (Å²) in [5.74, 6) is -0.828. The first kappa shape index (κ1) is 27.1. The van der Waals surface area contributed by atoms with E-state index in [0.29, 0.717) is 9.41 Å². The minimum atomic E-state index is -3.06. The highest BCUT2D eigenvalue weighted by Gasteiger charge is 2.27. The molecular weight excluding hydrogens is 567 g/mol. The fourth-order valence-electron chi connectivity index (χ4n) is 4.10. The normalized spacial score (nSPS) is 12.5. The molecule has 0 fully saturated rings. The number of benzene rings is 1. The third kappa shape index (κ3) is 5.32. The third-order valence-corrected chi connectivity index (χ3v) is 6.15. The van der Waals surface area contributed by atoms with Crippen molar-refractivity contribution in [2.75, 3.05) is 6.61 Å². The van der Waals surface area contributed by atoms with Crippen LogP contribution >= 0.6 is 11.6 Å². The van der Waals surface area contributed by atoms with Crippen LogP contribution in [0.25, 0.3) is 28.1 Å². The molecule has 0 bridgehead atoms. The molecule has 12 nitrogen and oxygen atoms in total. The van der Waals surface area contributed by atoms with Crippen LogP contribution in [0.15, 0.2) is 55.4 Å². The average Bonchev–Trinajstić information content (AvgIpc) is 3.70. The van der Waals surface area contributed by atoms with Gasteiger partial charge in [-0.25, -0.2) is 4.39 Å². The summed E-state index contributed by atoms with van der Waals surface area (Å²) in [7, 11) is 0. The SMILES string of the molecule is [O-][n+]1cc(-c2c(-n3cnnn3)ccc(Cl)c2F)ccc1[C@H](CCOC(F)F)n1cc(-c2cnnn2C(F)F)cn1. The molecule has 4 aromatic heterocycles. The molecule has 5 rings (SSSR count). The van der Waals surface area contributed by atoms with Crippen molar-refractivity contribution in [2.45, 2.75) is 25.6 Å². The Bertz CT molecular complexity index is 1610. The lowest BCUT2D eigenvalue weighted by molar-refractivity contribution is -0.615. The molecule has 5 aromatic rings. The van der Waals surface area contributed by atoms with E-state index in [1.807, 2.05) is 0 Å². The minimum Gasteiger partial charge on any atom is -0.618 e. The van der Waals surface area contributed by atoms with E-state index in [2.05, 4.69) is 35.7 Å². The predicted molar refractivity (Wildman–Crippen MR) is 126 cm³/mol. The van der Waals surface area contributed by atoms with Gasteiger partial charge >= 0.3 is 13.2 Å². The number of aromatic nitrogens is 10. The maximum absolute atomic E-state index is 15.2. The van der Waals surface area contributed by atoms with E-state index in [0.717, 1.165) is 12.4 Å². The first-order valence-electron chi connectivity index (χ1n) is 11.3.